The standard InChI is InChI=1S/C25H27N5O/c1-16-7-8-18(15-26-16)28-23-14-25-24(29-20-5-3-4-6-21(20)30-25)13-22(23)27-17-9-11-19(31-2)12-10-17/h3-8,13-15,17,19,27-28H,9-12H2,1-2H3. The summed E-state index contributed by atoms with van der Waals surface area (Å²) < 4.78 is 5.54. The summed E-state index contributed by atoms with van der Waals surface area (Å²) in [5.74, 6) is 0. The van der Waals surface area contributed by atoms with E-state index in [9.17, 15) is 0 Å². The van der Waals surface area contributed by atoms with Crippen molar-refractivity contribution in [2.45, 2.75) is 44.8 Å². The van der Waals surface area contributed by atoms with Crippen LogP contribution >= 0.6 is 0 Å². The normalized spacial score (nSPS) is 18.9. The van der Waals surface area contributed by atoms with Crippen LogP contribution in [-0.4, -0.2) is 34.2 Å². The summed E-state index contributed by atoms with van der Waals surface area (Å²) in [6.07, 6.45) is 6.58. The second-order valence-electron chi connectivity index (χ2n) is 8.27. The first-order valence-electron chi connectivity index (χ1n) is 10.9. The zero-order valence-electron chi connectivity index (χ0n) is 17.9. The number of anilines is 3. The van der Waals surface area contributed by atoms with Gasteiger partial charge in [0.05, 0.1) is 51.4 Å². The van der Waals surface area contributed by atoms with E-state index in [-0.39, 0.29) is 0 Å². The van der Waals surface area contributed by atoms with Gasteiger partial charge in [-0.25, -0.2) is 9.97 Å². The lowest BCUT2D eigenvalue weighted by Crippen LogP contribution is -2.29. The van der Waals surface area contributed by atoms with Gasteiger partial charge >= 0.3 is 0 Å². The van der Waals surface area contributed by atoms with Crippen molar-refractivity contribution in [3.63, 3.8) is 0 Å². The average molecular weight is 414 g/mol. The first-order chi connectivity index (χ1) is 15.2. The van der Waals surface area contributed by atoms with Crippen LogP contribution in [0.5, 0.6) is 0 Å². The van der Waals surface area contributed by atoms with Crippen LogP contribution in [0.3, 0.4) is 0 Å². The molecule has 0 bridgehead atoms. The minimum Gasteiger partial charge on any atom is -0.381 e. The third-order valence-corrected chi connectivity index (χ3v) is 6.04. The van der Waals surface area contributed by atoms with Crippen LogP contribution < -0.4 is 10.6 Å². The number of aryl methyl sites for hydroxylation is 1. The van der Waals surface area contributed by atoms with Crippen LogP contribution in [0.15, 0.2) is 54.7 Å². The van der Waals surface area contributed by atoms with Crippen molar-refractivity contribution < 1.29 is 4.74 Å². The first-order valence-corrected chi connectivity index (χ1v) is 10.9. The van der Waals surface area contributed by atoms with Crippen LogP contribution in [0, 0.1) is 6.92 Å². The fourth-order valence-electron chi connectivity index (χ4n) is 4.25. The van der Waals surface area contributed by atoms with Crippen LogP contribution in [0.2, 0.25) is 0 Å². The van der Waals surface area contributed by atoms with Crippen LogP contribution in [0.4, 0.5) is 17.1 Å². The molecule has 2 aromatic heterocycles. The Kier molecular flexibility index (Phi) is 5.38. The molecule has 4 aromatic rings. The lowest BCUT2D eigenvalue weighted by Gasteiger charge is -2.29. The number of para-hydroxylation sites is 2. The van der Waals surface area contributed by atoms with E-state index in [1.54, 1.807) is 0 Å². The SMILES string of the molecule is COC1CCC(Nc2cc3nc4ccccc4nc3cc2Nc2ccc(C)nc2)CC1. The Morgan fingerprint density at radius 2 is 1.52 bits per heavy atom. The summed E-state index contributed by atoms with van der Waals surface area (Å²) in [5.41, 5.74) is 7.53. The molecule has 0 amide bonds. The summed E-state index contributed by atoms with van der Waals surface area (Å²) >= 11 is 0. The number of aromatic nitrogens is 3. The predicted octanol–water partition coefficient (Wildman–Crippen LogP) is 5.60. The number of hydrogen-bond donors (Lipinski definition) is 2. The summed E-state index contributed by atoms with van der Waals surface area (Å²) in [6, 6.07) is 16.7. The fraction of sp³-hybridized carbons (Fsp3) is 0.320. The third-order valence-electron chi connectivity index (χ3n) is 6.04. The quantitative estimate of drug-likeness (QED) is 0.415. The monoisotopic (exact) mass is 413 g/mol. The van der Waals surface area contributed by atoms with Gasteiger partial charge in [-0.05, 0) is 69.0 Å². The van der Waals surface area contributed by atoms with E-state index >= 15 is 0 Å². The Hall–Kier alpha value is -3.25. The Morgan fingerprint density at radius 3 is 2.13 bits per heavy atom. The molecule has 1 saturated carbocycles. The van der Waals surface area contributed by atoms with Crippen LogP contribution in [-0.2, 0) is 4.74 Å². The van der Waals surface area contributed by atoms with Crippen molar-refractivity contribution in [2.24, 2.45) is 0 Å². The Bertz CT molecular complexity index is 1200. The summed E-state index contributed by atoms with van der Waals surface area (Å²) in [6.45, 7) is 1.99. The van der Waals surface area contributed by atoms with E-state index in [1.807, 2.05) is 56.6 Å². The second-order valence-corrected chi connectivity index (χ2v) is 8.27. The number of pyridine rings is 1. The highest BCUT2D eigenvalue weighted by molar-refractivity contribution is 5.93. The Labute approximate surface area is 182 Å². The summed E-state index contributed by atoms with van der Waals surface area (Å²) in [7, 11) is 1.81. The van der Waals surface area contributed by atoms with Gasteiger partial charge in [-0.1, -0.05) is 12.1 Å². The minimum atomic E-state index is 0.378. The van der Waals surface area contributed by atoms with E-state index < -0.39 is 0 Å². The number of methoxy groups -OCH3 is 1. The maximum absolute atomic E-state index is 5.54. The number of nitrogens with zero attached hydrogens (tertiary/aromatic N) is 3. The highest BCUT2D eigenvalue weighted by Crippen LogP contribution is 2.33. The number of ether oxygens (including phenoxy) is 1. The van der Waals surface area contributed by atoms with Crippen molar-refractivity contribution in [1.29, 1.82) is 0 Å². The molecule has 0 aliphatic heterocycles. The predicted molar refractivity (Wildman–Crippen MR) is 126 cm³/mol. The topological polar surface area (TPSA) is 72.0 Å². The minimum absolute atomic E-state index is 0.378. The van der Waals surface area contributed by atoms with E-state index in [2.05, 4.69) is 27.8 Å². The number of rotatable bonds is 5. The van der Waals surface area contributed by atoms with Gasteiger partial charge < -0.3 is 15.4 Å². The highest BCUT2D eigenvalue weighted by Gasteiger charge is 2.22. The molecular weight excluding hydrogens is 386 g/mol. The molecular formula is C25H27N5O. The molecule has 1 aliphatic carbocycles. The zero-order valence-corrected chi connectivity index (χ0v) is 17.9. The molecule has 1 fully saturated rings. The molecule has 0 spiro atoms. The van der Waals surface area contributed by atoms with E-state index in [1.165, 1.54) is 0 Å². The van der Waals surface area contributed by atoms with Gasteiger partial charge in [-0.3, -0.25) is 4.98 Å². The van der Waals surface area contributed by atoms with Crippen molar-refractivity contribution in [3.05, 3.63) is 60.4 Å². The zero-order chi connectivity index (χ0) is 21.2. The molecule has 1 aliphatic rings. The largest absolute Gasteiger partial charge is 0.381 e. The number of fused-ring (bicyclic) bond motifs is 2. The number of hydrogen-bond acceptors (Lipinski definition) is 6. The Morgan fingerprint density at radius 1 is 0.839 bits per heavy atom. The van der Waals surface area contributed by atoms with Crippen LogP contribution in [0.25, 0.3) is 22.1 Å². The smallest absolute Gasteiger partial charge is 0.0916 e. The molecule has 2 heterocycles. The molecule has 0 unspecified atom stereocenters. The number of nitrogens with one attached hydrogen (secondary N) is 2. The maximum atomic E-state index is 5.54. The van der Waals surface area contributed by atoms with Gasteiger partial charge in [0.1, 0.15) is 0 Å². The molecule has 31 heavy (non-hydrogen) atoms. The maximum Gasteiger partial charge on any atom is 0.0916 e. The molecule has 0 atom stereocenters. The Balaban J connectivity index is 1.52. The van der Waals surface area contributed by atoms with Gasteiger partial charge in [0, 0.05) is 18.8 Å². The summed E-state index contributed by atoms with van der Waals surface area (Å²) in [4.78, 5) is 14.1. The van der Waals surface area contributed by atoms with Crippen molar-refractivity contribution in [1.82, 2.24) is 15.0 Å². The van der Waals surface area contributed by atoms with Crippen molar-refractivity contribution in [3.8, 4) is 0 Å². The molecule has 0 radical (unpaired) electrons. The van der Waals surface area contributed by atoms with Crippen molar-refractivity contribution in [2.75, 3.05) is 17.7 Å². The van der Waals surface area contributed by atoms with Crippen molar-refractivity contribution >= 4 is 39.1 Å². The van der Waals surface area contributed by atoms with Gasteiger partial charge in [-0.15, -0.1) is 0 Å². The molecule has 6 heteroatoms. The average Bonchev–Trinajstić information content (AvgIpc) is 2.80. The molecule has 0 saturated heterocycles. The molecule has 6 nitrogen and oxygen atoms in total. The molecule has 2 N–H and O–H groups in total. The molecule has 5 rings (SSSR count). The lowest BCUT2D eigenvalue weighted by molar-refractivity contribution is 0.0682. The lowest BCUT2D eigenvalue weighted by atomic mass is 9.92. The molecule has 2 aromatic carbocycles. The van der Waals surface area contributed by atoms with Gasteiger partial charge in [0.25, 0.3) is 0 Å². The van der Waals surface area contributed by atoms with Gasteiger partial charge in [0.2, 0.25) is 0 Å². The van der Waals surface area contributed by atoms with E-state index in [0.717, 1.165) is 70.5 Å². The van der Waals surface area contributed by atoms with Gasteiger partial charge in [-0.2, -0.15) is 0 Å². The van der Waals surface area contributed by atoms with E-state index in [4.69, 9.17) is 14.7 Å². The van der Waals surface area contributed by atoms with Crippen LogP contribution in [0.1, 0.15) is 31.4 Å². The molecule has 158 valence electrons. The summed E-state index contributed by atoms with van der Waals surface area (Å²) in [5, 5.41) is 7.29. The first kappa shape index (κ1) is 19.7. The second kappa shape index (κ2) is 8.47. The van der Waals surface area contributed by atoms with E-state index in [0.29, 0.717) is 12.1 Å². The fourth-order valence-corrected chi connectivity index (χ4v) is 4.25. The third kappa shape index (κ3) is 4.30. The number of benzene rings is 2. The highest BCUT2D eigenvalue weighted by atomic mass is 16.5. The van der Waals surface area contributed by atoms with Gasteiger partial charge in [0.15, 0.2) is 0 Å².